The third-order valence-electron chi connectivity index (χ3n) is 4.06. The summed E-state index contributed by atoms with van der Waals surface area (Å²) in [4.78, 5) is 12.4. The molecule has 0 bridgehead atoms. The molecular formula is C21H23NO3. The molecular weight excluding hydrogens is 314 g/mol. The first-order valence-corrected chi connectivity index (χ1v) is 8.68. The highest BCUT2D eigenvalue weighted by molar-refractivity contribution is 5.79. The molecule has 4 nitrogen and oxygen atoms in total. The second-order valence-electron chi connectivity index (χ2n) is 5.90. The monoisotopic (exact) mass is 337 g/mol. The molecule has 130 valence electrons. The van der Waals surface area contributed by atoms with Crippen molar-refractivity contribution in [2.75, 3.05) is 13.2 Å². The van der Waals surface area contributed by atoms with Gasteiger partial charge in [-0.05, 0) is 31.0 Å². The number of nitrogens with one attached hydrogen (secondary N) is 1. The van der Waals surface area contributed by atoms with Crippen molar-refractivity contribution in [2.45, 2.75) is 25.8 Å². The van der Waals surface area contributed by atoms with Gasteiger partial charge in [0.1, 0.15) is 17.4 Å². The molecule has 3 rings (SSSR count). The average molecular weight is 337 g/mol. The van der Waals surface area contributed by atoms with Gasteiger partial charge in [0, 0.05) is 25.0 Å². The number of carbonyl (C=O) groups is 1. The molecule has 1 atom stereocenters. The molecule has 1 amide bonds. The van der Waals surface area contributed by atoms with Gasteiger partial charge in [-0.25, -0.2) is 0 Å². The number of carbonyl (C=O) groups excluding carboxylic acids is 1. The first kappa shape index (κ1) is 17.2. The van der Waals surface area contributed by atoms with Crippen LogP contribution in [0.4, 0.5) is 0 Å². The Bertz CT molecular complexity index is 777. The molecule has 0 aliphatic carbocycles. The lowest BCUT2D eigenvalue weighted by molar-refractivity contribution is -0.122. The first-order chi connectivity index (χ1) is 12.3. The second-order valence-corrected chi connectivity index (χ2v) is 5.90. The summed E-state index contributed by atoms with van der Waals surface area (Å²) in [7, 11) is 0. The van der Waals surface area contributed by atoms with Crippen LogP contribution in [0.25, 0.3) is 11.0 Å². The van der Waals surface area contributed by atoms with Gasteiger partial charge in [-0.15, -0.1) is 0 Å². The van der Waals surface area contributed by atoms with Gasteiger partial charge in [-0.3, -0.25) is 4.79 Å². The maximum absolute atomic E-state index is 12.4. The van der Waals surface area contributed by atoms with Crippen molar-refractivity contribution in [3.05, 3.63) is 72.0 Å². The minimum atomic E-state index is -0.298. The van der Waals surface area contributed by atoms with E-state index in [1.807, 2.05) is 67.6 Å². The largest absolute Gasteiger partial charge is 0.459 e. The highest BCUT2D eigenvalue weighted by Gasteiger charge is 2.20. The van der Waals surface area contributed by atoms with E-state index in [0.29, 0.717) is 26.1 Å². The van der Waals surface area contributed by atoms with Crippen LogP contribution in [0.2, 0.25) is 0 Å². The van der Waals surface area contributed by atoms with Crippen molar-refractivity contribution in [3.8, 4) is 0 Å². The summed E-state index contributed by atoms with van der Waals surface area (Å²) in [6, 6.07) is 19.4. The zero-order valence-corrected chi connectivity index (χ0v) is 14.4. The maximum atomic E-state index is 12.4. The van der Waals surface area contributed by atoms with Crippen molar-refractivity contribution >= 4 is 16.9 Å². The van der Waals surface area contributed by atoms with E-state index < -0.39 is 0 Å². The summed E-state index contributed by atoms with van der Waals surface area (Å²) >= 11 is 0. The van der Waals surface area contributed by atoms with Gasteiger partial charge in [0.2, 0.25) is 5.91 Å². The van der Waals surface area contributed by atoms with E-state index in [-0.39, 0.29) is 11.9 Å². The molecule has 0 aliphatic rings. The van der Waals surface area contributed by atoms with Crippen LogP contribution in [-0.2, 0) is 9.53 Å². The van der Waals surface area contributed by atoms with E-state index in [1.54, 1.807) is 0 Å². The molecule has 4 heteroatoms. The Balaban J connectivity index is 1.79. The maximum Gasteiger partial charge on any atom is 0.220 e. The Kier molecular flexibility index (Phi) is 5.86. The fourth-order valence-electron chi connectivity index (χ4n) is 2.82. The molecule has 0 unspecified atom stereocenters. The zero-order chi connectivity index (χ0) is 17.5. The molecule has 0 fully saturated rings. The molecule has 25 heavy (non-hydrogen) atoms. The van der Waals surface area contributed by atoms with Gasteiger partial charge >= 0.3 is 0 Å². The highest BCUT2D eigenvalue weighted by atomic mass is 16.5. The Morgan fingerprint density at radius 1 is 1.12 bits per heavy atom. The molecule has 0 saturated carbocycles. The van der Waals surface area contributed by atoms with E-state index >= 15 is 0 Å². The molecule has 2 aromatic carbocycles. The molecule has 0 aliphatic heterocycles. The lowest BCUT2D eigenvalue weighted by Gasteiger charge is -2.17. The lowest BCUT2D eigenvalue weighted by Crippen LogP contribution is -2.29. The number of benzene rings is 2. The Hall–Kier alpha value is -2.59. The normalized spacial score (nSPS) is 12.2. The standard InChI is InChI=1S/C21H23NO3/c1-2-24-14-8-13-20(23)22-21(16-9-4-3-5-10-16)19-15-17-11-6-7-12-18(17)25-19/h3-7,9-12,15,21H,2,8,13-14H2,1H3,(H,22,23)/t21-/m1/s1. The molecule has 0 spiro atoms. The van der Waals surface area contributed by atoms with Gasteiger partial charge in [0.05, 0.1) is 0 Å². The molecule has 1 aromatic heterocycles. The van der Waals surface area contributed by atoms with E-state index in [0.717, 1.165) is 22.3 Å². The molecule has 1 N–H and O–H groups in total. The summed E-state index contributed by atoms with van der Waals surface area (Å²) < 4.78 is 11.3. The van der Waals surface area contributed by atoms with Crippen molar-refractivity contribution < 1.29 is 13.9 Å². The minimum Gasteiger partial charge on any atom is -0.459 e. The van der Waals surface area contributed by atoms with Gasteiger partial charge in [0.15, 0.2) is 0 Å². The van der Waals surface area contributed by atoms with Crippen LogP contribution in [0.3, 0.4) is 0 Å². The number of hydrogen-bond donors (Lipinski definition) is 1. The van der Waals surface area contributed by atoms with Crippen LogP contribution in [0, 0.1) is 0 Å². The van der Waals surface area contributed by atoms with E-state index in [9.17, 15) is 4.79 Å². The fraction of sp³-hybridized carbons (Fsp3) is 0.286. The predicted octanol–water partition coefficient (Wildman–Crippen LogP) is 4.46. The number of amides is 1. The number of fused-ring (bicyclic) bond motifs is 1. The van der Waals surface area contributed by atoms with Crippen LogP contribution in [0.5, 0.6) is 0 Å². The SMILES string of the molecule is CCOCCCC(=O)N[C@H](c1ccccc1)c1cc2ccccc2o1. The number of hydrogen-bond acceptors (Lipinski definition) is 3. The van der Waals surface area contributed by atoms with Crippen molar-refractivity contribution in [1.82, 2.24) is 5.32 Å². The predicted molar refractivity (Wildman–Crippen MR) is 98.4 cm³/mol. The summed E-state index contributed by atoms with van der Waals surface area (Å²) in [6.07, 6.45) is 1.14. The van der Waals surface area contributed by atoms with Crippen LogP contribution in [0.1, 0.15) is 37.1 Å². The summed E-state index contributed by atoms with van der Waals surface area (Å²) in [6.45, 7) is 3.23. The Morgan fingerprint density at radius 3 is 2.64 bits per heavy atom. The quantitative estimate of drug-likeness (QED) is 0.618. The molecule has 1 heterocycles. The van der Waals surface area contributed by atoms with Crippen molar-refractivity contribution in [1.29, 1.82) is 0 Å². The van der Waals surface area contributed by atoms with Gasteiger partial charge in [0.25, 0.3) is 0 Å². The third kappa shape index (κ3) is 4.48. The van der Waals surface area contributed by atoms with Crippen LogP contribution < -0.4 is 5.32 Å². The molecule has 3 aromatic rings. The van der Waals surface area contributed by atoms with Gasteiger partial charge in [-0.2, -0.15) is 0 Å². The topological polar surface area (TPSA) is 51.5 Å². The highest BCUT2D eigenvalue weighted by Crippen LogP contribution is 2.28. The zero-order valence-electron chi connectivity index (χ0n) is 14.4. The second kappa shape index (κ2) is 8.49. The van der Waals surface area contributed by atoms with Crippen molar-refractivity contribution in [2.24, 2.45) is 0 Å². The number of furan rings is 1. The first-order valence-electron chi connectivity index (χ1n) is 8.68. The van der Waals surface area contributed by atoms with Crippen LogP contribution in [-0.4, -0.2) is 19.1 Å². The Labute approximate surface area is 147 Å². The van der Waals surface area contributed by atoms with E-state index in [4.69, 9.17) is 9.15 Å². The number of para-hydroxylation sites is 1. The van der Waals surface area contributed by atoms with Gasteiger partial charge in [-0.1, -0.05) is 48.5 Å². The number of rotatable bonds is 8. The summed E-state index contributed by atoms with van der Waals surface area (Å²) in [5, 5.41) is 4.13. The van der Waals surface area contributed by atoms with E-state index in [2.05, 4.69) is 5.32 Å². The fourth-order valence-corrected chi connectivity index (χ4v) is 2.82. The van der Waals surface area contributed by atoms with E-state index in [1.165, 1.54) is 0 Å². The smallest absolute Gasteiger partial charge is 0.220 e. The average Bonchev–Trinajstić information content (AvgIpc) is 3.08. The third-order valence-corrected chi connectivity index (χ3v) is 4.06. The van der Waals surface area contributed by atoms with Crippen LogP contribution >= 0.6 is 0 Å². The molecule has 0 saturated heterocycles. The lowest BCUT2D eigenvalue weighted by atomic mass is 10.0. The minimum absolute atomic E-state index is 0.00554. The van der Waals surface area contributed by atoms with Crippen LogP contribution in [0.15, 0.2) is 65.1 Å². The summed E-state index contributed by atoms with van der Waals surface area (Å²) in [5.41, 5.74) is 1.82. The Morgan fingerprint density at radius 2 is 1.88 bits per heavy atom. The molecule has 0 radical (unpaired) electrons. The summed E-state index contributed by atoms with van der Waals surface area (Å²) in [5.74, 6) is 0.736. The van der Waals surface area contributed by atoms with Crippen molar-refractivity contribution in [3.63, 3.8) is 0 Å². The van der Waals surface area contributed by atoms with Gasteiger partial charge < -0.3 is 14.5 Å². The number of ether oxygens (including phenoxy) is 1.